The van der Waals surface area contributed by atoms with Gasteiger partial charge in [-0.15, -0.1) is 0 Å². The summed E-state index contributed by atoms with van der Waals surface area (Å²) in [6, 6.07) is 8.51. The van der Waals surface area contributed by atoms with Crippen molar-refractivity contribution in [2.24, 2.45) is 5.92 Å². The molecule has 0 radical (unpaired) electrons. The molecule has 1 aromatic carbocycles. The fourth-order valence-electron chi connectivity index (χ4n) is 2.36. The monoisotopic (exact) mass is 268 g/mol. The summed E-state index contributed by atoms with van der Waals surface area (Å²) < 4.78 is 0. The van der Waals surface area contributed by atoms with E-state index in [-0.39, 0.29) is 0 Å². The van der Waals surface area contributed by atoms with Gasteiger partial charge >= 0.3 is 0 Å². The van der Waals surface area contributed by atoms with E-state index in [2.05, 4.69) is 61.4 Å². The molecule has 1 heterocycles. The van der Waals surface area contributed by atoms with E-state index in [0.717, 1.165) is 19.5 Å². The average molecular weight is 268 g/mol. The Hall–Kier alpha value is -1.67. The van der Waals surface area contributed by atoms with Crippen LogP contribution in [0.5, 0.6) is 0 Å². The van der Waals surface area contributed by atoms with Gasteiger partial charge in [0.15, 0.2) is 0 Å². The summed E-state index contributed by atoms with van der Waals surface area (Å²) in [5.41, 5.74) is 2.65. The smallest absolute Gasteiger partial charge is 0.0346 e. The Morgan fingerprint density at radius 2 is 2.15 bits per heavy atom. The van der Waals surface area contributed by atoms with E-state index in [9.17, 15) is 0 Å². The van der Waals surface area contributed by atoms with Crippen molar-refractivity contribution in [1.29, 1.82) is 0 Å². The van der Waals surface area contributed by atoms with E-state index in [1.165, 1.54) is 21.9 Å². The molecular weight excluding hydrogens is 244 g/mol. The third-order valence-corrected chi connectivity index (χ3v) is 3.43. The van der Waals surface area contributed by atoms with Crippen LogP contribution < -0.4 is 5.32 Å². The molecule has 0 fully saturated rings. The topological polar surface area (TPSA) is 24.9 Å². The molecule has 0 bridgehead atoms. The van der Waals surface area contributed by atoms with Crippen LogP contribution in [0.3, 0.4) is 0 Å². The highest BCUT2D eigenvalue weighted by Gasteiger charge is 2.02. The first-order valence-corrected chi connectivity index (χ1v) is 7.39. The molecule has 0 aliphatic heterocycles. The van der Waals surface area contributed by atoms with E-state index < -0.39 is 0 Å². The molecule has 20 heavy (non-hydrogen) atoms. The van der Waals surface area contributed by atoms with Gasteiger partial charge in [-0.2, -0.15) is 0 Å². The van der Waals surface area contributed by atoms with Gasteiger partial charge in [0.2, 0.25) is 0 Å². The van der Waals surface area contributed by atoms with E-state index >= 15 is 0 Å². The van der Waals surface area contributed by atoms with Gasteiger partial charge < -0.3 is 5.32 Å². The Morgan fingerprint density at radius 3 is 2.95 bits per heavy atom. The number of nitrogens with one attached hydrogen (secondary N) is 1. The lowest BCUT2D eigenvalue weighted by Crippen LogP contribution is -2.20. The number of hydrogen-bond donors (Lipinski definition) is 1. The van der Waals surface area contributed by atoms with Crippen LogP contribution in [0, 0.1) is 5.92 Å². The predicted octanol–water partition coefficient (Wildman–Crippen LogP) is 4.27. The molecule has 0 aliphatic rings. The minimum atomic E-state index is 0.714. The molecule has 0 saturated heterocycles. The van der Waals surface area contributed by atoms with Gasteiger partial charge in [0.05, 0.1) is 0 Å². The first-order chi connectivity index (χ1) is 9.68. The molecule has 0 spiro atoms. The molecule has 1 N–H and O–H groups in total. The number of nitrogens with zero attached hydrogens (tertiary/aromatic N) is 1. The normalized spacial score (nSPS) is 12.3. The quantitative estimate of drug-likeness (QED) is 0.791. The highest BCUT2D eigenvalue weighted by atomic mass is 14.8. The zero-order valence-corrected chi connectivity index (χ0v) is 12.7. The molecule has 2 aromatic rings. The Balaban J connectivity index is 2.05. The molecule has 0 saturated carbocycles. The fraction of sp³-hybridized carbons (Fsp3) is 0.389. The van der Waals surface area contributed by atoms with Crippen LogP contribution in [0.4, 0.5) is 0 Å². The SMILES string of the molecule is CC(=CCCNCC(C)C)c1cccc2cnccc12. The van der Waals surface area contributed by atoms with Crippen molar-refractivity contribution in [3.63, 3.8) is 0 Å². The van der Waals surface area contributed by atoms with Gasteiger partial charge in [0.25, 0.3) is 0 Å². The number of allylic oxidation sites excluding steroid dienone is 1. The molecule has 0 aliphatic carbocycles. The second-order valence-electron chi connectivity index (χ2n) is 5.68. The third-order valence-electron chi connectivity index (χ3n) is 3.43. The number of hydrogen-bond acceptors (Lipinski definition) is 2. The number of aromatic nitrogens is 1. The largest absolute Gasteiger partial charge is 0.316 e. The maximum atomic E-state index is 4.19. The van der Waals surface area contributed by atoms with Gasteiger partial charge in [-0.25, -0.2) is 0 Å². The molecule has 2 rings (SSSR count). The Bertz CT molecular complexity index is 579. The standard InChI is InChI=1S/C18H24N2/c1-14(2)12-19-10-5-6-15(3)17-8-4-7-16-13-20-11-9-18(16)17/h4,6-9,11,13-14,19H,5,10,12H2,1-3H3. The van der Waals surface area contributed by atoms with Crippen LogP contribution in [0.2, 0.25) is 0 Å². The van der Waals surface area contributed by atoms with Crippen LogP contribution in [0.1, 0.15) is 32.8 Å². The van der Waals surface area contributed by atoms with Crippen molar-refractivity contribution in [3.8, 4) is 0 Å². The fourth-order valence-corrected chi connectivity index (χ4v) is 2.36. The predicted molar refractivity (Wildman–Crippen MR) is 87.7 cm³/mol. The molecule has 106 valence electrons. The highest BCUT2D eigenvalue weighted by Crippen LogP contribution is 2.24. The number of fused-ring (bicyclic) bond motifs is 1. The number of benzene rings is 1. The van der Waals surface area contributed by atoms with E-state index in [4.69, 9.17) is 0 Å². The van der Waals surface area contributed by atoms with Crippen LogP contribution >= 0.6 is 0 Å². The van der Waals surface area contributed by atoms with Crippen LogP contribution in [0.15, 0.2) is 42.7 Å². The van der Waals surface area contributed by atoms with Crippen molar-refractivity contribution < 1.29 is 0 Å². The molecule has 2 heteroatoms. The van der Waals surface area contributed by atoms with E-state index in [1.54, 1.807) is 0 Å². The zero-order valence-electron chi connectivity index (χ0n) is 12.7. The van der Waals surface area contributed by atoms with Crippen molar-refractivity contribution in [2.45, 2.75) is 27.2 Å². The second kappa shape index (κ2) is 7.20. The van der Waals surface area contributed by atoms with Gasteiger partial charge in [-0.3, -0.25) is 4.98 Å². The molecule has 0 atom stereocenters. The molecule has 0 unspecified atom stereocenters. The van der Waals surface area contributed by atoms with Crippen LogP contribution in [-0.4, -0.2) is 18.1 Å². The van der Waals surface area contributed by atoms with Crippen molar-refractivity contribution in [2.75, 3.05) is 13.1 Å². The van der Waals surface area contributed by atoms with Crippen LogP contribution in [0.25, 0.3) is 16.3 Å². The number of pyridine rings is 1. The summed E-state index contributed by atoms with van der Waals surface area (Å²) in [6.07, 6.45) is 7.18. The molecule has 0 amide bonds. The Labute approximate surface area is 121 Å². The van der Waals surface area contributed by atoms with E-state index in [1.807, 2.05) is 12.4 Å². The maximum absolute atomic E-state index is 4.19. The maximum Gasteiger partial charge on any atom is 0.0346 e. The molecule has 2 nitrogen and oxygen atoms in total. The van der Waals surface area contributed by atoms with Gasteiger partial charge in [-0.05, 0) is 54.9 Å². The van der Waals surface area contributed by atoms with Gasteiger partial charge in [0.1, 0.15) is 0 Å². The average Bonchev–Trinajstić information content (AvgIpc) is 2.45. The molecular formula is C18H24N2. The first-order valence-electron chi connectivity index (χ1n) is 7.39. The van der Waals surface area contributed by atoms with Gasteiger partial charge in [0, 0.05) is 17.8 Å². The summed E-state index contributed by atoms with van der Waals surface area (Å²) in [6.45, 7) is 8.79. The first kappa shape index (κ1) is 14.7. The lowest BCUT2D eigenvalue weighted by molar-refractivity contribution is 0.557. The highest BCUT2D eigenvalue weighted by molar-refractivity contribution is 5.92. The third kappa shape index (κ3) is 3.91. The van der Waals surface area contributed by atoms with Crippen molar-refractivity contribution >= 4 is 16.3 Å². The summed E-state index contributed by atoms with van der Waals surface area (Å²) in [4.78, 5) is 4.19. The minimum Gasteiger partial charge on any atom is -0.316 e. The zero-order chi connectivity index (χ0) is 14.4. The van der Waals surface area contributed by atoms with Crippen molar-refractivity contribution in [3.05, 3.63) is 48.3 Å². The van der Waals surface area contributed by atoms with Crippen LogP contribution in [-0.2, 0) is 0 Å². The molecule has 1 aromatic heterocycles. The lowest BCUT2D eigenvalue weighted by Gasteiger charge is -2.08. The van der Waals surface area contributed by atoms with E-state index in [0.29, 0.717) is 5.92 Å². The Kier molecular flexibility index (Phi) is 5.31. The summed E-state index contributed by atoms with van der Waals surface area (Å²) in [7, 11) is 0. The number of rotatable bonds is 6. The minimum absolute atomic E-state index is 0.714. The summed E-state index contributed by atoms with van der Waals surface area (Å²) in [5.74, 6) is 0.714. The lowest BCUT2D eigenvalue weighted by atomic mass is 10.00. The summed E-state index contributed by atoms with van der Waals surface area (Å²) in [5, 5.41) is 5.96. The summed E-state index contributed by atoms with van der Waals surface area (Å²) >= 11 is 0. The van der Waals surface area contributed by atoms with Crippen molar-refractivity contribution in [1.82, 2.24) is 10.3 Å². The Morgan fingerprint density at radius 1 is 1.30 bits per heavy atom. The van der Waals surface area contributed by atoms with Gasteiger partial charge in [-0.1, -0.05) is 38.1 Å². The second-order valence-corrected chi connectivity index (χ2v) is 5.68.